The fourth-order valence-corrected chi connectivity index (χ4v) is 0.890. The van der Waals surface area contributed by atoms with Gasteiger partial charge in [0.25, 0.3) is 16.3 Å². The predicted molar refractivity (Wildman–Crippen MR) is 89.0 cm³/mol. The summed E-state index contributed by atoms with van der Waals surface area (Å²) >= 11 is 8.35. The van der Waals surface area contributed by atoms with Crippen LogP contribution in [0.1, 0.15) is 10.4 Å². The summed E-state index contributed by atoms with van der Waals surface area (Å²) in [7, 11) is 0. The van der Waals surface area contributed by atoms with Crippen LogP contribution in [0.4, 0.5) is 0 Å². The number of aliphatic hydroxyl groups is 2. The Morgan fingerprint density at radius 2 is 1.52 bits per heavy atom. The Kier molecular flexibility index (Phi) is 22.1. The summed E-state index contributed by atoms with van der Waals surface area (Å²) < 4.78 is 0. The Morgan fingerprint density at radius 3 is 1.81 bits per heavy atom. The van der Waals surface area contributed by atoms with E-state index in [1.165, 1.54) is 0 Å². The van der Waals surface area contributed by atoms with Crippen molar-refractivity contribution < 1.29 is 26.0 Å². The first-order valence-corrected chi connectivity index (χ1v) is 5.28. The average Bonchev–Trinajstić information content (AvgIpc) is 2.38. The van der Waals surface area contributed by atoms with Crippen molar-refractivity contribution in [2.75, 3.05) is 0 Å². The van der Waals surface area contributed by atoms with Crippen molar-refractivity contribution in [1.29, 1.82) is 0 Å². The first kappa shape index (κ1) is 28.8. The molecule has 0 fully saturated rings. The molecule has 0 radical (unpaired) electrons. The number of nitrogens with two attached hydrogens (primary N) is 2. The zero-order chi connectivity index (χ0) is 14.1. The first-order valence-electron chi connectivity index (χ1n) is 4.46. The van der Waals surface area contributed by atoms with Crippen LogP contribution in [0, 0.1) is 0 Å². The van der Waals surface area contributed by atoms with E-state index in [0.717, 1.165) is 0 Å². The molecule has 0 heterocycles. The van der Waals surface area contributed by atoms with Gasteiger partial charge in [0, 0.05) is 5.56 Å². The third-order valence-corrected chi connectivity index (χ3v) is 1.88. The van der Waals surface area contributed by atoms with Crippen LogP contribution in [-0.2, 0) is 0 Å². The summed E-state index contributed by atoms with van der Waals surface area (Å²) in [6, 6.07) is 8.33. The summed E-state index contributed by atoms with van der Waals surface area (Å²) in [4.78, 5) is 11.3. The molecule has 1 amide bonds. The monoisotopic (exact) mass is 364 g/mol. The van der Waals surface area contributed by atoms with Crippen LogP contribution in [0.3, 0.4) is 0 Å². The number of aliphatic hydroxyl groups excluding tert-OH is 2. The van der Waals surface area contributed by atoms with Crippen molar-refractivity contribution >= 4 is 92.1 Å². The molecule has 116 valence electrons. The predicted octanol–water partition coefficient (Wildman–Crippen LogP) is -2.16. The number of thiocarbonyl (C=S) groups is 2. The maximum absolute atomic E-state index is 11.3. The van der Waals surface area contributed by atoms with Gasteiger partial charge in [-0.05, 0) is 36.6 Å². The molecule has 0 aliphatic carbocycles. The summed E-state index contributed by atoms with van der Waals surface area (Å²) in [5.41, 5.74) is 2.19. The molecule has 0 bridgehead atoms. The third-order valence-electron chi connectivity index (χ3n) is 1.57. The summed E-state index contributed by atoms with van der Waals surface area (Å²) in [5.74, 6) is 9.18. The number of carbonyl (C=O) groups excluding carboxylic acids is 1. The van der Waals surface area contributed by atoms with Crippen LogP contribution >= 0.6 is 24.4 Å². The van der Waals surface area contributed by atoms with Gasteiger partial charge in [0.05, 0.1) is 0 Å². The average molecular weight is 364 g/mol. The Bertz CT molecular complexity index is 437. The van der Waals surface area contributed by atoms with Crippen molar-refractivity contribution in [2.24, 2.45) is 11.7 Å². The minimum atomic E-state index is -0.645. The maximum atomic E-state index is 11.3. The van der Waals surface area contributed by atoms with Crippen molar-refractivity contribution in [2.45, 2.75) is 0 Å². The Hall–Kier alpha value is -0.254. The van der Waals surface area contributed by atoms with Crippen LogP contribution in [0.25, 0.3) is 0 Å². The molecule has 0 aliphatic heterocycles. The molecule has 0 aromatic heterocycles. The number of hydrogen-bond acceptors (Lipinski definition) is 5. The molecular formula is C9H17KN4O5S2. The van der Waals surface area contributed by atoms with Gasteiger partial charge in [-0.25, -0.2) is 16.7 Å². The van der Waals surface area contributed by atoms with E-state index in [4.69, 9.17) is 16.1 Å². The molecule has 0 saturated heterocycles. The number of nitrogens with one attached hydrogen (secondary N) is 1. The Morgan fingerprint density at radius 1 is 1.14 bits per heavy atom. The zero-order valence-corrected chi connectivity index (χ0v) is 11.7. The molecule has 21 heavy (non-hydrogen) atoms. The number of benzene rings is 1. The number of hydrazine groups is 2. The van der Waals surface area contributed by atoms with Crippen LogP contribution in [0.2, 0.25) is 0 Å². The van der Waals surface area contributed by atoms with Crippen LogP contribution in [0.5, 0.6) is 0 Å². The normalized spacial score (nSPS) is 7.33. The standard InChI is InChI=1S/C8H8N2O2S.CH4N2OS.K.2H2O.H/c9-10(8(12)13)7(11)6-4-2-1-3-5-6;2-3-1(4)5;;;;/h1-5H,9H2,(H,12,13);2H2,(H2,3,4,5);;2*1H2;. The van der Waals surface area contributed by atoms with Crippen LogP contribution in [0.15, 0.2) is 30.3 Å². The van der Waals surface area contributed by atoms with Gasteiger partial charge in [-0.15, -0.1) is 0 Å². The van der Waals surface area contributed by atoms with Gasteiger partial charge in [0.15, 0.2) is 0 Å². The first-order chi connectivity index (χ1) is 8.40. The SMILES string of the molecule is NN(C(=O)c1ccccc1)C(O)=S.NNC(O)=S.O.O.[KH]. The van der Waals surface area contributed by atoms with E-state index in [0.29, 0.717) is 10.6 Å². The number of nitrogens with zero attached hydrogens (tertiary/aromatic N) is 1. The van der Waals surface area contributed by atoms with Gasteiger partial charge in [-0.1, -0.05) is 18.2 Å². The molecule has 0 atom stereocenters. The van der Waals surface area contributed by atoms with E-state index in [-0.39, 0.29) is 67.5 Å². The molecule has 11 N–H and O–H groups in total. The summed E-state index contributed by atoms with van der Waals surface area (Å²) in [5, 5.41) is 16.1. The van der Waals surface area contributed by atoms with Gasteiger partial charge >= 0.3 is 51.4 Å². The molecule has 0 spiro atoms. The molecule has 0 unspecified atom stereocenters. The minimum absolute atomic E-state index is 0. The second-order valence-electron chi connectivity index (χ2n) is 2.77. The Balaban J connectivity index is -0.000000159. The molecule has 12 heteroatoms. The molecular weight excluding hydrogens is 347 g/mol. The van der Waals surface area contributed by atoms with Gasteiger partial charge in [0.1, 0.15) is 0 Å². The van der Waals surface area contributed by atoms with Gasteiger partial charge in [0.2, 0.25) is 0 Å². The van der Waals surface area contributed by atoms with E-state index < -0.39 is 11.1 Å². The van der Waals surface area contributed by atoms with E-state index in [1.807, 2.05) is 5.43 Å². The molecule has 0 aliphatic rings. The zero-order valence-electron chi connectivity index (χ0n) is 10.1. The van der Waals surface area contributed by atoms with E-state index in [2.05, 4.69) is 30.3 Å². The van der Waals surface area contributed by atoms with Crippen LogP contribution < -0.4 is 17.1 Å². The summed E-state index contributed by atoms with van der Waals surface area (Å²) in [6.07, 6.45) is 0. The topological polar surface area (TPSA) is 188 Å². The van der Waals surface area contributed by atoms with Crippen molar-refractivity contribution in [1.82, 2.24) is 10.4 Å². The Labute approximate surface area is 174 Å². The molecule has 1 aromatic rings. The fraction of sp³-hybridized carbons (Fsp3) is 0. The number of hydrogen-bond donors (Lipinski definition) is 5. The fourth-order valence-electron chi connectivity index (χ4n) is 0.807. The van der Waals surface area contributed by atoms with Crippen molar-refractivity contribution in [3.8, 4) is 0 Å². The van der Waals surface area contributed by atoms with Gasteiger partial charge in [-0.3, -0.25) is 10.2 Å². The summed E-state index contributed by atoms with van der Waals surface area (Å²) in [6.45, 7) is 0. The second-order valence-corrected chi connectivity index (χ2v) is 3.53. The van der Waals surface area contributed by atoms with E-state index >= 15 is 0 Å². The molecule has 9 nitrogen and oxygen atoms in total. The molecule has 1 aromatic carbocycles. The molecule has 0 saturated carbocycles. The van der Waals surface area contributed by atoms with Crippen molar-refractivity contribution in [3.63, 3.8) is 0 Å². The number of carbonyl (C=O) groups is 1. The van der Waals surface area contributed by atoms with E-state index in [9.17, 15) is 4.79 Å². The van der Waals surface area contributed by atoms with Crippen molar-refractivity contribution in [3.05, 3.63) is 35.9 Å². The third kappa shape index (κ3) is 13.2. The number of rotatable bonds is 1. The van der Waals surface area contributed by atoms with Crippen LogP contribution in [-0.4, -0.2) is 93.8 Å². The molecule has 1 rings (SSSR count). The van der Waals surface area contributed by atoms with E-state index in [1.54, 1.807) is 30.3 Å². The quantitative estimate of drug-likeness (QED) is 0.122. The second kappa shape index (κ2) is 16.1. The van der Waals surface area contributed by atoms with Gasteiger partial charge < -0.3 is 21.2 Å². The number of amides is 1. The van der Waals surface area contributed by atoms with Gasteiger partial charge in [-0.2, -0.15) is 0 Å².